The van der Waals surface area contributed by atoms with Crippen LogP contribution in [0.25, 0.3) is 6.08 Å². The Morgan fingerprint density at radius 1 is 1.15 bits per heavy atom. The fourth-order valence-electron chi connectivity index (χ4n) is 3.45. The first-order valence-corrected chi connectivity index (χ1v) is 9.73. The van der Waals surface area contributed by atoms with Crippen molar-refractivity contribution in [3.05, 3.63) is 71.3 Å². The molecule has 1 amide bonds. The van der Waals surface area contributed by atoms with E-state index in [-0.39, 0.29) is 5.91 Å². The number of nitrogens with one attached hydrogen (secondary N) is 1. The molecule has 1 saturated heterocycles. The molecule has 1 aliphatic heterocycles. The van der Waals surface area contributed by atoms with Crippen molar-refractivity contribution >= 4 is 12.0 Å². The van der Waals surface area contributed by atoms with E-state index in [0.29, 0.717) is 6.61 Å². The van der Waals surface area contributed by atoms with Crippen LogP contribution in [-0.2, 0) is 11.3 Å². The number of hydrogen-bond acceptors (Lipinski definition) is 2. The molecule has 0 unspecified atom stereocenters. The third-order valence-electron chi connectivity index (χ3n) is 4.93. The van der Waals surface area contributed by atoms with Gasteiger partial charge in [0.05, 0.1) is 32.8 Å². The van der Waals surface area contributed by atoms with Crippen molar-refractivity contribution in [3.63, 3.8) is 0 Å². The van der Waals surface area contributed by atoms with E-state index in [2.05, 4.69) is 31.2 Å². The normalized spacial score (nSPS) is 15.3. The van der Waals surface area contributed by atoms with E-state index in [1.54, 1.807) is 11.0 Å². The number of hydrogen-bond donors (Lipinski definition) is 1. The highest BCUT2D eigenvalue weighted by Crippen LogP contribution is 2.13. The summed E-state index contributed by atoms with van der Waals surface area (Å²) in [5, 5.41) is 0. The maximum Gasteiger partial charge on any atom is 0.246 e. The molecule has 1 fully saturated rings. The quantitative estimate of drug-likeness (QED) is 0.798. The SMILES string of the molecule is CCOc1ccc(/C=C/C(=O)N2CC[NH+](Cc3cccc(C)c3)CC2)cc1. The Balaban J connectivity index is 1.48. The Hall–Kier alpha value is -2.59. The molecular formula is C23H29N2O2+. The lowest BCUT2D eigenvalue weighted by atomic mass is 10.1. The van der Waals surface area contributed by atoms with Gasteiger partial charge in [-0.25, -0.2) is 0 Å². The predicted octanol–water partition coefficient (Wildman–Crippen LogP) is 2.33. The Labute approximate surface area is 162 Å². The number of carbonyl (C=O) groups is 1. The predicted molar refractivity (Wildman–Crippen MR) is 109 cm³/mol. The third kappa shape index (κ3) is 5.69. The summed E-state index contributed by atoms with van der Waals surface area (Å²) in [6.45, 7) is 9.41. The van der Waals surface area contributed by atoms with Gasteiger partial charge in [0.2, 0.25) is 5.91 Å². The van der Waals surface area contributed by atoms with Crippen LogP contribution in [0.1, 0.15) is 23.6 Å². The highest BCUT2D eigenvalue weighted by Gasteiger charge is 2.22. The molecule has 1 heterocycles. The molecule has 2 aromatic rings. The first kappa shape index (κ1) is 19.2. The first-order valence-electron chi connectivity index (χ1n) is 9.73. The number of aryl methyl sites for hydroxylation is 1. The highest BCUT2D eigenvalue weighted by atomic mass is 16.5. The molecule has 0 spiro atoms. The summed E-state index contributed by atoms with van der Waals surface area (Å²) in [7, 11) is 0. The average Bonchev–Trinajstić information content (AvgIpc) is 2.68. The number of benzene rings is 2. The van der Waals surface area contributed by atoms with Crippen LogP contribution in [-0.4, -0.2) is 43.6 Å². The van der Waals surface area contributed by atoms with Gasteiger partial charge in [-0.2, -0.15) is 0 Å². The van der Waals surface area contributed by atoms with E-state index in [1.165, 1.54) is 11.1 Å². The fourth-order valence-corrected chi connectivity index (χ4v) is 3.45. The smallest absolute Gasteiger partial charge is 0.246 e. The van der Waals surface area contributed by atoms with Crippen LogP contribution in [0.3, 0.4) is 0 Å². The number of rotatable bonds is 6. The monoisotopic (exact) mass is 365 g/mol. The van der Waals surface area contributed by atoms with Crippen LogP contribution >= 0.6 is 0 Å². The molecule has 0 aromatic heterocycles. The van der Waals surface area contributed by atoms with Crippen LogP contribution < -0.4 is 9.64 Å². The zero-order valence-electron chi connectivity index (χ0n) is 16.3. The maximum atomic E-state index is 12.5. The Morgan fingerprint density at radius 3 is 2.56 bits per heavy atom. The number of nitrogens with zero attached hydrogens (tertiary/aromatic N) is 1. The van der Waals surface area contributed by atoms with Crippen molar-refractivity contribution in [1.29, 1.82) is 0 Å². The van der Waals surface area contributed by atoms with Crippen LogP contribution in [0.4, 0.5) is 0 Å². The van der Waals surface area contributed by atoms with Gasteiger partial charge in [-0.15, -0.1) is 0 Å². The summed E-state index contributed by atoms with van der Waals surface area (Å²) in [5.41, 5.74) is 3.69. The molecular weight excluding hydrogens is 336 g/mol. The minimum atomic E-state index is 0.0958. The van der Waals surface area contributed by atoms with Crippen molar-refractivity contribution in [3.8, 4) is 5.75 Å². The lowest BCUT2D eigenvalue weighted by Gasteiger charge is -2.31. The van der Waals surface area contributed by atoms with Crippen LogP contribution in [0.5, 0.6) is 5.75 Å². The third-order valence-corrected chi connectivity index (χ3v) is 4.93. The molecule has 142 valence electrons. The zero-order valence-corrected chi connectivity index (χ0v) is 16.3. The van der Waals surface area contributed by atoms with Crippen molar-refractivity contribution in [2.45, 2.75) is 20.4 Å². The summed E-state index contributed by atoms with van der Waals surface area (Å²) in [5.74, 6) is 0.951. The summed E-state index contributed by atoms with van der Waals surface area (Å²) in [6, 6.07) is 16.5. The van der Waals surface area contributed by atoms with E-state index in [1.807, 2.05) is 42.2 Å². The van der Waals surface area contributed by atoms with Gasteiger partial charge in [0.15, 0.2) is 0 Å². The molecule has 1 N–H and O–H groups in total. The summed E-state index contributed by atoms with van der Waals surface area (Å²) < 4.78 is 5.44. The van der Waals surface area contributed by atoms with Crippen molar-refractivity contribution in [2.24, 2.45) is 0 Å². The minimum Gasteiger partial charge on any atom is -0.494 e. The Bertz CT molecular complexity index is 775. The second-order valence-electron chi connectivity index (χ2n) is 7.08. The summed E-state index contributed by atoms with van der Waals surface area (Å²) in [4.78, 5) is 15.9. The number of ether oxygens (including phenoxy) is 1. The zero-order chi connectivity index (χ0) is 19.1. The number of carbonyl (C=O) groups excluding carboxylic acids is 1. The molecule has 4 heteroatoms. The van der Waals surface area contributed by atoms with Gasteiger partial charge >= 0.3 is 0 Å². The fraction of sp³-hybridized carbons (Fsp3) is 0.348. The van der Waals surface area contributed by atoms with Crippen LogP contribution in [0.2, 0.25) is 0 Å². The van der Waals surface area contributed by atoms with Gasteiger partial charge in [-0.1, -0.05) is 42.0 Å². The van der Waals surface area contributed by atoms with E-state index in [4.69, 9.17) is 4.74 Å². The van der Waals surface area contributed by atoms with Crippen LogP contribution in [0, 0.1) is 6.92 Å². The standard InChI is InChI=1S/C23H28N2O2/c1-3-27-22-10-7-20(8-11-22)9-12-23(26)25-15-13-24(14-16-25)18-21-6-4-5-19(2)17-21/h4-12,17H,3,13-16,18H2,1-2H3/p+1/b12-9+. The van der Waals surface area contributed by atoms with Crippen molar-refractivity contribution < 1.29 is 14.4 Å². The number of amides is 1. The second-order valence-corrected chi connectivity index (χ2v) is 7.08. The number of piperazine rings is 1. The Kier molecular flexibility index (Phi) is 6.66. The molecule has 0 radical (unpaired) electrons. The van der Waals surface area contributed by atoms with Gasteiger partial charge < -0.3 is 14.5 Å². The van der Waals surface area contributed by atoms with Crippen LogP contribution in [0.15, 0.2) is 54.6 Å². The molecule has 3 rings (SSSR count). The van der Waals surface area contributed by atoms with E-state index in [0.717, 1.165) is 44.0 Å². The molecule has 0 aliphatic carbocycles. The average molecular weight is 365 g/mol. The van der Waals surface area contributed by atoms with Crippen molar-refractivity contribution in [1.82, 2.24) is 4.90 Å². The highest BCUT2D eigenvalue weighted by molar-refractivity contribution is 5.91. The van der Waals surface area contributed by atoms with Gasteiger partial charge in [-0.3, -0.25) is 4.79 Å². The first-order chi connectivity index (χ1) is 13.1. The molecule has 4 nitrogen and oxygen atoms in total. The minimum absolute atomic E-state index is 0.0958. The second kappa shape index (κ2) is 9.38. The Morgan fingerprint density at radius 2 is 1.89 bits per heavy atom. The lowest BCUT2D eigenvalue weighted by molar-refractivity contribution is -0.917. The molecule has 2 aromatic carbocycles. The van der Waals surface area contributed by atoms with Gasteiger partial charge in [0, 0.05) is 11.6 Å². The topological polar surface area (TPSA) is 34.0 Å². The van der Waals surface area contributed by atoms with Gasteiger partial charge in [-0.05, 0) is 37.6 Å². The molecule has 0 bridgehead atoms. The van der Waals surface area contributed by atoms with E-state index < -0.39 is 0 Å². The van der Waals surface area contributed by atoms with E-state index >= 15 is 0 Å². The largest absolute Gasteiger partial charge is 0.494 e. The van der Waals surface area contributed by atoms with Crippen molar-refractivity contribution in [2.75, 3.05) is 32.8 Å². The molecule has 0 atom stereocenters. The molecule has 27 heavy (non-hydrogen) atoms. The summed E-state index contributed by atoms with van der Waals surface area (Å²) >= 11 is 0. The molecule has 0 saturated carbocycles. The lowest BCUT2D eigenvalue weighted by Crippen LogP contribution is -3.13. The maximum absolute atomic E-state index is 12.5. The van der Waals surface area contributed by atoms with E-state index in [9.17, 15) is 4.79 Å². The number of quaternary nitrogens is 1. The van der Waals surface area contributed by atoms with Gasteiger partial charge in [0.1, 0.15) is 12.3 Å². The summed E-state index contributed by atoms with van der Waals surface area (Å²) in [6.07, 6.45) is 3.56. The molecule has 1 aliphatic rings. The van der Waals surface area contributed by atoms with Gasteiger partial charge in [0.25, 0.3) is 0 Å².